The van der Waals surface area contributed by atoms with Crippen molar-refractivity contribution in [3.8, 4) is 0 Å². The predicted octanol–water partition coefficient (Wildman–Crippen LogP) is 2.03. The zero-order valence-corrected chi connectivity index (χ0v) is 12.8. The molecule has 0 bridgehead atoms. The molecular formula is C16H26N2O2. The van der Waals surface area contributed by atoms with E-state index in [9.17, 15) is 9.59 Å². The Bertz CT molecular complexity index is 417. The van der Waals surface area contributed by atoms with E-state index in [1.165, 1.54) is 12.8 Å². The quantitative estimate of drug-likeness (QED) is 0.792. The number of carbonyl (C=O) groups is 2. The van der Waals surface area contributed by atoms with Gasteiger partial charge in [-0.25, -0.2) is 0 Å². The van der Waals surface area contributed by atoms with E-state index < -0.39 is 0 Å². The number of carbonyl (C=O) groups excluding carboxylic acids is 2. The molecule has 2 aliphatic heterocycles. The highest BCUT2D eigenvalue weighted by Gasteiger charge is 2.51. The number of hydrogen-bond acceptors (Lipinski definition) is 2. The van der Waals surface area contributed by atoms with Gasteiger partial charge in [-0.05, 0) is 50.9 Å². The highest BCUT2D eigenvalue weighted by atomic mass is 16.2. The molecule has 0 aromatic heterocycles. The van der Waals surface area contributed by atoms with Crippen LogP contribution in [0, 0.1) is 11.8 Å². The maximum absolute atomic E-state index is 12.9. The maximum Gasteiger partial charge on any atom is 0.246 e. The summed E-state index contributed by atoms with van der Waals surface area (Å²) in [5.74, 6) is 1.21. The minimum Gasteiger partial charge on any atom is -0.329 e. The van der Waals surface area contributed by atoms with Gasteiger partial charge in [-0.3, -0.25) is 9.59 Å². The number of hydrogen-bond donors (Lipinski definition) is 0. The SMILES string of the molecule is CC(C)C1C(=O)N2CCCCC2C(=O)N1C(C)C1CC1. The van der Waals surface area contributed by atoms with Crippen LogP contribution in [0.4, 0.5) is 0 Å². The van der Waals surface area contributed by atoms with Gasteiger partial charge in [-0.2, -0.15) is 0 Å². The van der Waals surface area contributed by atoms with Crippen molar-refractivity contribution >= 4 is 11.8 Å². The standard InChI is InChI=1S/C16H26N2O2/c1-10(2)14-16(20)17-9-5-4-6-13(17)15(19)18(14)11(3)12-7-8-12/h10-14H,4-9H2,1-3H3. The molecule has 0 aromatic carbocycles. The van der Waals surface area contributed by atoms with Gasteiger partial charge in [0.25, 0.3) is 0 Å². The summed E-state index contributed by atoms with van der Waals surface area (Å²) in [6.07, 6.45) is 5.37. The zero-order valence-electron chi connectivity index (χ0n) is 12.8. The molecule has 3 atom stereocenters. The van der Waals surface area contributed by atoms with Gasteiger partial charge in [-0.1, -0.05) is 13.8 Å². The summed E-state index contributed by atoms with van der Waals surface area (Å²) in [5.41, 5.74) is 0. The maximum atomic E-state index is 12.9. The summed E-state index contributed by atoms with van der Waals surface area (Å²) >= 11 is 0. The van der Waals surface area contributed by atoms with Crippen molar-refractivity contribution < 1.29 is 9.59 Å². The third kappa shape index (κ3) is 2.13. The van der Waals surface area contributed by atoms with E-state index >= 15 is 0 Å². The molecule has 2 amide bonds. The Morgan fingerprint density at radius 2 is 1.70 bits per heavy atom. The monoisotopic (exact) mass is 278 g/mol. The summed E-state index contributed by atoms with van der Waals surface area (Å²) < 4.78 is 0. The number of rotatable bonds is 3. The van der Waals surface area contributed by atoms with Crippen molar-refractivity contribution in [3.05, 3.63) is 0 Å². The lowest BCUT2D eigenvalue weighted by molar-refractivity contribution is -0.168. The average molecular weight is 278 g/mol. The van der Waals surface area contributed by atoms with Crippen LogP contribution in [0.2, 0.25) is 0 Å². The Hall–Kier alpha value is -1.06. The van der Waals surface area contributed by atoms with Gasteiger partial charge in [0.1, 0.15) is 12.1 Å². The second kappa shape index (κ2) is 5.05. The molecule has 1 aliphatic carbocycles. The summed E-state index contributed by atoms with van der Waals surface area (Å²) in [5, 5.41) is 0. The van der Waals surface area contributed by atoms with Crippen molar-refractivity contribution in [2.24, 2.45) is 11.8 Å². The van der Waals surface area contributed by atoms with Crippen LogP contribution >= 0.6 is 0 Å². The third-order valence-electron chi connectivity index (χ3n) is 5.25. The van der Waals surface area contributed by atoms with Gasteiger partial charge in [0, 0.05) is 12.6 Å². The Labute approximate surface area is 121 Å². The smallest absolute Gasteiger partial charge is 0.246 e. The Balaban J connectivity index is 1.92. The number of nitrogens with zero attached hydrogens (tertiary/aromatic N) is 2. The second-order valence-corrected chi connectivity index (χ2v) is 7.06. The molecular weight excluding hydrogens is 252 g/mol. The van der Waals surface area contributed by atoms with Crippen molar-refractivity contribution in [3.63, 3.8) is 0 Å². The summed E-state index contributed by atoms with van der Waals surface area (Å²) in [4.78, 5) is 29.6. The van der Waals surface area contributed by atoms with Gasteiger partial charge < -0.3 is 9.80 Å². The van der Waals surface area contributed by atoms with Crippen LogP contribution < -0.4 is 0 Å². The molecule has 4 heteroatoms. The average Bonchev–Trinajstić information content (AvgIpc) is 3.26. The number of piperazine rings is 1. The molecule has 3 fully saturated rings. The van der Waals surface area contributed by atoms with E-state index in [1.807, 2.05) is 9.80 Å². The molecule has 2 saturated heterocycles. The van der Waals surface area contributed by atoms with Gasteiger partial charge in [0.15, 0.2) is 0 Å². The number of fused-ring (bicyclic) bond motifs is 1. The minimum atomic E-state index is -0.243. The second-order valence-electron chi connectivity index (χ2n) is 7.06. The minimum absolute atomic E-state index is 0.174. The van der Waals surface area contributed by atoms with Crippen LogP contribution in [0.15, 0.2) is 0 Å². The molecule has 0 N–H and O–H groups in total. The molecule has 0 radical (unpaired) electrons. The Morgan fingerprint density at radius 3 is 2.30 bits per heavy atom. The first-order valence-corrected chi connectivity index (χ1v) is 8.15. The van der Waals surface area contributed by atoms with Crippen LogP contribution in [-0.4, -0.2) is 46.3 Å². The van der Waals surface area contributed by atoms with Crippen molar-refractivity contribution in [2.45, 2.75) is 71.0 Å². The molecule has 3 rings (SSSR count). The molecule has 3 unspecified atom stereocenters. The van der Waals surface area contributed by atoms with Crippen molar-refractivity contribution in [1.82, 2.24) is 9.80 Å². The van der Waals surface area contributed by atoms with E-state index in [4.69, 9.17) is 0 Å². The summed E-state index contributed by atoms with van der Waals surface area (Å²) in [6.45, 7) is 7.03. The van der Waals surface area contributed by atoms with Crippen LogP contribution in [0.25, 0.3) is 0 Å². The number of piperidine rings is 1. The first kappa shape index (κ1) is 13.9. The Morgan fingerprint density at radius 1 is 1.00 bits per heavy atom. The fraction of sp³-hybridized carbons (Fsp3) is 0.875. The highest BCUT2D eigenvalue weighted by Crippen LogP contribution is 2.39. The van der Waals surface area contributed by atoms with Crippen LogP contribution in [0.3, 0.4) is 0 Å². The largest absolute Gasteiger partial charge is 0.329 e. The molecule has 1 saturated carbocycles. The molecule has 0 spiro atoms. The van der Waals surface area contributed by atoms with Crippen LogP contribution in [0.1, 0.15) is 52.9 Å². The van der Waals surface area contributed by atoms with Crippen LogP contribution in [0.5, 0.6) is 0 Å². The summed E-state index contributed by atoms with van der Waals surface area (Å²) in [6, 6.07) is -0.192. The molecule has 2 heterocycles. The van der Waals surface area contributed by atoms with E-state index in [1.54, 1.807) is 0 Å². The topological polar surface area (TPSA) is 40.6 Å². The van der Waals surface area contributed by atoms with E-state index in [2.05, 4.69) is 20.8 Å². The van der Waals surface area contributed by atoms with Gasteiger partial charge in [0.05, 0.1) is 0 Å². The lowest BCUT2D eigenvalue weighted by atomic mass is 9.89. The van der Waals surface area contributed by atoms with E-state index in [-0.39, 0.29) is 35.9 Å². The molecule has 3 aliphatic rings. The first-order chi connectivity index (χ1) is 9.52. The molecule has 112 valence electrons. The third-order valence-corrected chi connectivity index (χ3v) is 5.25. The zero-order chi connectivity index (χ0) is 14.4. The van der Waals surface area contributed by atoms with E-state index in [0.717, 1.165) is 25.8 Å². The lowest BCUT2D eigenvalue weighted by Gasteiger charge is -2.50. The fourth-order valence-corrected chi connectivity index (χ4v) is 3.92. The molecule has 0 aromatic rings. The molecule has 4 nitrogen and oxygen atoms in total. The highest BCUT2D eigenvalue weighted by molar-refractivity contribution is 5.97. The van der Waals surface area contributed by atoms with Gasteiger partial charge in [0.2, 0.25) is 11.8 Å². The Kier molecular flexibility index (Phi) is 3.51. The number of amides is 2. The first-order valence-electron chi connectivity index (χ1n) is 8.15. The normalized spacial score (nSPS) is 32.6. The van der Waals surface area contributed by atoms with Crippen molar-refractivity contribution in [2.75, 3.05) is 6.54 Å². The van der Waals surface area contributed by atoms with Crippen molar-refractivity contribution in [1.29, 1.82) is 0 Å². The molecule has 20 heavy (non-hydrogen) atoms. The van der Waals surface area contributed by atoms with Gasteiger partial charge in [-0.15, -0.1) is 0 Å². The van der Waals surface area contributed by atoms with Gasteiger partial charge >= 0.3 is 0 Å². The summed E-state index contributed by atoms with van der Waals surface area (Å²) in [7, 11) is 0. The fourth-order valence-electron chi connectivity index (χ4n) is 3.92. The van der Waals surface area contributed by atoms with E-state index in [0.29, 0.717) is 5.92 Å². The van der Waals surface area contributed by atoms with Crippen LogP contribution in [-0.2, 0) is 9.59 Å². The lowest BCUT2D eigenvalue weighted by Crippen LogP contribution is -2.68. The predicted molar refractivity (Wildman–Crippen MR) is 77.0 cm³/mol.